The number of rotatable bonds is 1. The van der Waals surface area contributed by atoms with E-state index in [1.165, 1.54) is 11.3 Å². The van der Waals surface area contributed by atoms with E-state index in [4.69, 9.17) is 0 Å². The molecule has 0 amide bonds. The van der Waals surface area contributed by atoms with Crippen LogP contribution < -0.4 is 4.81 Å². The first-order valence-electron chi connectivity index (χ1n) is 7.79. The molecular formula is C16H28B2N2. The maximum absolute atomic E-state index is 2.54. The Morgan fingerprint density at radius 2 is 1.80 bits per heavy atom. The first-order chi connectivity index (χ1) is 9.21. The van der Waals surface area contributed by atoms with Gasteiger partial charge in [-0.2, -0.15) is 0 Å². The van der Waals surface area contributed by atoms with E-state index >= 15 is 0 Å². The van der Waals surface area contributed by atoms with E-state index in [0.29, 0.717) is 19.4 Å². The van der Waals surface area contributed by atoms with Crippen molar-refractivity contribution in [2.75, 3.05) is 18.5 Å². The normalized spacial score (nSPS) is 21.6. The van der Waals surface area contributed by atoms with Crippen molar-refractivity contribution in [1.82, 2.24) is 4.81 Å². The lowest BCUT2D eigenvalue weighted by Gasteiger charge is -2.45. The fourth-order valence-corrected chi connectivity index (χ4v) is 3.05. The van der Waals surface area contributed by atoms with E-state index in [-0.39, 0.29) is 5.41 Å². The quantitative estimate of drug-likeness (QED) is 0.715. The average Bonchev–Trinajstić information content (AvgIpc) is 2.40. The van der Waals surface area contributed by atoms with E-state index in [1.54, 1.807) is 0 Å². The van der Waals surface area contributed by atoms with Crippen LogP contribution in [0.25, 0.3) is 0 Å². The molecule has 0 aliphatic carbocycles. The maximum atomic E-state index is 2.54. The minimum absolute atomic E-state index is 0.208. The summed E-state index contributed by atoms with van der Waals surface area (Å²) in [5.74, 6) is 0. The summed E-state index contributed by atoms with van der Waals surface area (Å²) in [4.78, 5) is 4.99. The molecule has 1 saturated heterocycles. The van der Waals surface area contributed by atoms with Crippen molar-refractivity contribution < 1.29 is 0 Å². The highest BCUT2D eigenvalue weighted by Crippen LogP contribution is 2.31. The Kier molecular flexibility index (Phi) is 4.24. The van der Waals surface area contributed by atoms with Gasteiger partial charge in [0, 0.05) is 12.4 Å². The highest BCUT2D eigenvalue weighted by Gasteiger charge is 2.38. The molecule has 1 heterocycles. The molecule has 0 aromatic heterocycles. The molecule has 2 rings (SSSR count). The van der Waals surface area contributed by atoms with Gasteiger partial charge in [0.05, 0.1) is 0 Å². The fourth-order valence-electron chi connectivity index (χ4n) is 3.05. The van der Waals surface area contributed by atoms with Gasteiger partial charge < -0.3 is 9.62 Å². The number of benzene rings is 1. The molecule has 108 valence electrons. The summed E-state index contributed by atoms with van der Waals surface area (Å²) in [7, 11) is 2.23. The zero-order valence-corrected chi connectivity index (χ0v) is 14.1. The fraction of sp³-hybridized carbons (Fsp3) is 0.625. The standard InChI is InChI=1S/C16H28B2N2/c1-13-17(5)19(7)12-20(18(13)6)15-10-8-9-14(11-15)16(2,3)4/h8-11,13H,12H2,1-7H3. The van der Waals surface area contributed by atoms with Crippen LogP contribution in [0.5, 0.6) is 0 Å². The van der Waals surface area contributed by atoms with Gasteiger partial charge in [-0.05, 0) is 30.2 Å². The summed E-state index contributed by atoms with van der Waals surface area (Å²) in [6, 6.07) is 9.06. The van der Waals surface area contributed by atoms with Crippen molar-refractivity contribution in [3.63, 3.8) is 0 Å². The molecule has 1 aliphatic rings. The van der Waals surface area contributed by atoms with E-state index in [1.807, 2.05) is 0 Å². The van der Waals surface area contributed by atoms with Crippen molar-refractivity contribution >= 4 is 19.4 Å². The molecule has 1 aromatic rings. The van der Waals surface area contributed by atoms with Crippen LogP contribution in [0.2, 0.25) is 19.4 Å². The Morgan fingerprint density at radius 1 is 1.15 bits per heavy atom. The molecular weight excluding hydrogens is 242 g/mol. The molecule has 2 nitrogen and oxygen atoms in total. The molecule has 1 aromatic carbocycles. The molecule has 1 atom stereocenters. The van der Waals surface area contributed by atoms with Crippen molar-refractivity contribution in [2.45, 2.75) is 52.5 Å². The zero-order chi connectivity index (χ0) is 15.1. The van der Waals surface area contributed by atoms with Gasteiger partial charge in [0.2, 0.25) is 13.7 Å². The van der Waals surface area contributed by atoms with Crippen LogP contribution in [-0.2, 0) is 5.41 Å². The summed E-state index contributed by atoms with van der Waals surface area (Å²) < 4.78 is 0. The van der Waals surface area contributed by atoms with Crippen LogP contribution in [0, 0.1) is 0 Å². The lowest BCUT2D eigenvalue weighted by molar-refractivity contribution is 0.518. The van der Waals surface area contributed by atoms with Gasteiger partial charge in [0.25, 0.3) is 0 Å². The summed E-state index contributed by atoms with van der Waals surface area (Å²) >= 11 is 0. The lowest BCUT2D eigenvalue weighted by atomic mass is 9.31. The Labute approximate surface area is 125 Å². The van der Waals surface area contributed by atoms with Crippen LogP contribution in [0.3, 0.4) is 0 Å². The molecule has 20 heavy (non-hydrogen) atoms. The third kappa shape index (κ3) is 2.90. The van der Waals surface area contributed by atoms with Gasteiger partial charge in [0.15, 0.2) is 0 Å². The van der Waals surface area contributed by atoms with Gasteiger partial charge in [-0.25, -0.2) is 0 Å². The molecule has 0 bridgehead atoms. The van der Waals surface area contributed by atoms with E-state index < -0.39 is 0 Å². The van der Waals surface area contributed by atoms with Gasteiger partial charge in [-0.1, -0.05) is 59.2 Å². The smallest absolute Gasteiger partial charge is 0.249 e. The minimum atomic E-state index is 0.208. The molecule has 0 saturated carbocycles. The van der Waals surface area contributed by atoms with Gasteiger partial charge in [-0.15, -0.1) is 0 Å². The monoisotopic (exact) mass is 270 g/mol. The lowest BCUT2D eigenvalue weighted by Crippen LogP contribution is -2.59. The zero-order valence-electron chi connectivity index (χ0n) is 14.1. The molecule has 1 unspecified atom stereocenters. The Bertz CT molecular complexity index is 470. The summed E-state index contributed by atoms with van der Waals surface area (Å²) in [5.41, 5.74) is 3.65. The third-order valence-corrected chi connectivity index (χ3v) is 5.13. The predicted octanol–water partition coefficient (Wildman–Crippen LogP) is 3.87. The highest BCUT2D eigenvalue weighted by molar-refractivity contribution is 6.80. The second-order valence-corrected chi connectivity index (χ2v) is 7.51. The van der Waals surface area contributed by atoms with E-state index in [0.717, 1.165) is 6.67 Å². The largest absolute Gasteiger partial charge is 0.404 e. The van der Waals surface area contributed by atoms with E-state index in [2.05, 4.69) is 82.3 Å². The topological polar surface area (TPSA) is 6.48 Å². The Balaban J connectivity index is 2.31. The van der Waals surface area contributed by atoms with Crippen LogP contribution >= 0.6 is 0 Å². The van der Waals surface area contributed by atoms with Crippen molar-refractivity contribution in [1.29, 1.82) is 0 Å². The predicted molar refractivity (Wildman–Crippen MR) is 92.9 cm³/mol. The summed E-state index contributed by atoms with van der Waals surface area (Å²) in [5, 5.41) is 0. The maximum Gasteiger partial charge on any atom is 0.249 e. The second kappa shape index (κ2) is 5.48. The average molecular weight is 270 g/mol. The molecule has 1 aliphatic heterocycles. The highest BCUT2D eigenvalue weighted by atomic mass is 15.3. The number of hydrogen-bond acceptors (Lipinski definition) is 2. The molecule has 0 radical (unpaired) electrons. The SMILES string of the molecule is CB1C(C)B(C)N(c2cccc(C(C)(C)C)c2)CN1C. The third-order valence-electron chi connectivity index (χ3n) is 5.13. The van der Waals surface area contributed by atoms with Gasteiger partial charge >= 0.3 is 0 Å². The first kappa shape index (κ1) is 15.5. The van der Waals surface area contributed by atoms with Gasteiger partial charge in [-0.3, -0.25) is 0 Å². The van der Waals surface area contributed by atoms with Crippen LogP contribution in [0.4, 0.5) is 5.69 Å². The summed E-state index contributed by atoms with van der Waals surface area (Å²) in [6.45, 7) is 16.1. The minimum Gasteiger partial charge on any atom is -0.404 e. The molecule has 1 fully saturated rings. The Hall–Kier alpha value is -0.890. The van der Waals surface area contributed by atoms with Crippen molar-refractivity contribution in [3.8, 4) is 0 Å². The number of anilines is 1. The molecule has 4 heteroatoms. The molecule has 0 spiro atoms. The van der Waals surface area contributed by atoms with Crippen molar-refractivity contribution in [2.24, 2.45) is 0 Å². The first-order valence-corrected chi connectivity index (χ1v) is 7.79. The van der Waals surface area contributed by atoms with Crippen LogP contribution in [0.15, 0.2) is 24.3 Å². The number of hydrogen-bond donors (Lipinski definition) is 0. The molecule has 0 N–H and O–H groups in total. The van der Waals surface area contributed by atoms with Crippen molar-refractivity contribution in [3.05, 3.63) is 29.8 Å². The van der Waals surface area contributed by atoms with Gasteiger partial charge in [0.1, 0.15) is 0 Å². The second-order valence-electron chi connectivity index (χ2n) is 7.51. The van der Waals surface area contributed by atoms with E-state index in [9.17, 15) is 0 Å². The summed E-state index contributed by atoms with van der Waals surface area (Å²) in [6.07, 6.45) is 0. The van der Waals surface area contributed by atoms with Crippen LogP contribution in [0.1, 0.15) is 33.3 Å². The number of nitrogens with zero attached hydrogens (tertiary/aromatic N) is 2. The Morgan fingerprint density at radius 3 is 2.40 bits per heavy atom. The van der Waals surface area contributed by atoms with Crippen LogP contribution in [-0.4, -0.2) is 32.2 Å².